The summed E-state index contributed by atoms with van der Waals surface area (Å²) in [6.45, 7) is 2.07. The summed E-state index contributed by atoms with van der Waals surface area (Å²) in [6.07, 6.45) is 15.7. The van der Waals surface area contributed by atoms with Crippen molar-refractivity contribution >= 4 is 6.29 Å². The van der Waals surface area contributed by atoms with Crippen molar-refractivity contribution in [3.05, 3.63) is 34.4 Å². The van der Waals surface area contributed by atoms with Gasteiger partial charge in [0.15, 0.2) is 0 Å². The molecule has 5 nitrogen and oxygen atoms in total. The van der Waals surface area contributed by atoms with E-state index in [1.54, 1.807) is 6.08 Å². The molecule has 2 atom stereocenters. The summed E-state index contributed by atoms with van der Waals surface area (Å²) < 4.78 is 0. The van der Waals surface area contributed by atoms with E-state index in [9.17, 15) is 20.0 Å². The lowest BCUT2D eigenvalue weighted by atomic mass is 10.0. The second-order valence-electron chi connectivity index (χ2n) is 5.78. The number of unbranched alkanes of at least 4 members (excludes halogenated alkanes) is 5. The number of aldehydes is 1. The molecule has 0 fully saturated rings. The van der Waals surface area contributed by atoms with Gasteiger partial charge in [-0.2, -0.15) is 0 Å². The van der Waals surface area contributed by atoms with Gasteiger partial charge in [-0.1, -0.05) is 50.5 Å². The van der Waals surface area contributed by atoms with E-state index >= 15 is 0 Å². The van der Waals surface area contributed by atoms with E-state index in [1.807, 2.05) is 12.2 Å². The Labute approximate surface area is 139 Å². The summed E-state index contributed by atoms with van der Waals surface area (Å²) >= 11 is 0. The highest BCUT2D eigenvalue weighted by Crippen LogP contribution is 2.12. The lowest BCUT2D eigenvalue weighted by molar-refractivity contribution is -0.533. The zero-order chi connectivity index (χ0) is 17.3. The van der Waals surface area contributed by atoms with Crippen LogP contribution in [0.3, 0.4) is 0 Å². The number of rotatable bonds is 15. The molecule has 1 N–H and O–H groups in total. The van der Waals surface area contributed by atoms with E-state index in [-0.39, 0.29) is 11.3 Å². The lowest BCUT2D eigenvalue weighted by Gasteiger charge is -2.14. The van der Waals surface area contributed by atoms with Crippen molar-refractivity contribution < 1.29 is 14.8 Å². The van der Waals surface area contributed by atoms with Gasteiger partial charge < -0.3 is 9.90 Å². The van der Waals surface area contributed by atoms with Gasteiger partial charge in [0.2, 0.25) is 6.04 Å². The summed E-state index contributed by atoms with van der Waals surface area (Å²) in [7, 11) is 0. The number of nitro groups is 1. The van der Waals surface area contributed by atoms with E-state index in [0.717, 1.165) is 51.2 Å². The van der Waals surface area contributed by atoms with Crippen LogP contribution in [0.4, 0.5) is 0 Å². The Morgan fingerprint density at radius 2 is 1.74 bits per heavy atom. The molecule has 0 aliphatic carbocycles. The maximum Gasteiger partial charge on any atom is 0.241 e. The molecule has 0 aromatic heterocycles. The van der Waals surface area contributed by atoms with Gasteiger partial charge in [-0.25, -0.2) is 0 Å². The monoisotopic (exact) mass is 325 g/mol. The summed E-state index contributed by atoms with van der Waals surface area (Å²) in [5.41, 5.74) is 0. The van der Waals surface area contributed by atoms with Crippen molar-refractivity contribution in [3.63, 3.8) is 0 Å². The molecule has 0 bridgehead atoms. The molecule has 0 aromatic carbocycles. The van der Waals surface area contributed by atoms with E-state index in [2.05, 4.69) is 13.0 Å². The number of carbonyl (C=O) groups is 1. The Hall–Kier alpha value is -1.49. The topological polar surface area (TPSA) is 80.4 Å². The van der Waals surface area contributed by atoms with Gasteiger partial charge in [0.1, 0.15) is 12.4 Å². The predicted octanol–water partition coefficient (Wildman–Crippen LogP) is 4.22. The van der Waals surface area contributed by atoms with Gasteiger partial charge in [-0.3, -0.25) is 10.1 Å². The van der Waals surface area contributed by atoms with Crippen LogP contribution in [0.2, 0.25) is 0 Å². The average molecular weight is 325 g/mol. The highest BCUT2D eigenvalue weighted by molar-refractivity contribution is 5.48. The number of aliphatic hydroxyl groups is 1. The first-order valence-corrected chi connectivity index (χ1v) is 8.68. The van der Waals surface area contributed by atoms with E-state index in [1.165, 1.54) is 0 Å². The van der Waals surface area contributed by atoms with Crippen LogP contribution >= 0.6 is 0 Å². The van der Waals surface area contributed by atoms with Gasteiger partial charge in [-0.05, 0) is 32.1 Å². The van der Waals surface area contributed by atoms with Crippen molar-refractivity contribution in [1.29, 1.82) is 0 Å². The maximum atomic E-state index is 11.0. The molecule has 0 radical (unpaired) electrons. The molecule has 0 aliphatic heterocycles. The van der Waals surface area contributed by atoms with Crippen LogP contribution in [0.5, 0.6) is 0 Å². The van der Waals surface area contributed by atoms with E-state index < -0.39 is 12.1 Å². The smallest absolute Gasteiger partial charge is 0.241 e. The van der Waals surface area contributed by atoms with Gasteiger partial charge in [0.25, 0.3) is 0 Å². The van der Waals surface area contributed by atoms with Crippen LogP contribution in [0.15, 0.2) is 24.3 Å². The van der Waals surface area contributed by atoms with Crippen LogP contribution in [-0.4, -0.2) is 28.5 Å². The molecule has 0 heterocycles. The van der Waals surface area contributed by atoms with Crippen LogP contribution in [0.1, 0.15) is 71.1 Å². The van der Waals surface area contributed by atoms with Crippen LogP contribution in [0, 0.1) is 10.1 Å². The Morgan fingerprint density at radius 3 is 2.39 bits per heavy atom. The fourth-order valence-corrected chi connectivity index (χ4v) is 2.29. The number of carbonyl (C=O) groups excluding carboxylic acids is 1. The lowest BCUT2D eigenvalue weighted by Crippen LogP contribution is -2.33. The minimum atomic E-state index is -0.907. The summed E-state index contributed by atoms with van der Waals surface area (Å²) in [5, 5.41) is 21.0. The van der Waals surface area contributed by atoms with Crippen molar-refractivity contribution in [1.82, 2.24) is 0 Å². The predicted molar refractivity (Wildman–Crippen MR) is 93.0 cm³/mol. The molecule has 0 aromatic rings. The van der Waals surface area contributed by atoms with Crippen molar-refractivity contribution in [2.45, 2.75) is 83.3 Å². The highest BCUT2D eigenvalue weighted by atomic mass is 16.6. The second kappa shape index (κ2) is 15.4. The molecule has 0 saturated heterocycles. The summed E-state index contributed by atoms with van der Waals surface area (Å²) in [4.78, 5) is 20.8. The molecule has 2 unspecified atom stereocenters. The molecule has 132 valence electrons. The fraction of sp³-hybridized carbons (Fsp3) is 0.722. The first-order chi connectivity index (χ1) is 11.1. The Balaban J connectivity index is 3.95. The van der Waals surface area contributed by atoms with Crippen molar-refractivity contribution in [2.75, 3.05) is 0 Å². The Morgan fingerprint density at radius 1 is 1.04 bits per heavy atom. The summed E-state index contributed by atoms with van der Waals surface area (Å²) in [5.74, 6) is 0. The number of hydrogen-bond donors (Lipinski definition) is 1. The van der Waals surface area contributed by atoms with Gasteiger partial charge in [-0.15, -0.1) is 0 Å². The zero-order valence-electron chi connectivity index (χ0n) is 14.2. The SMILES string of the molecule is CCCCCC(O)C(CC=CCC=CCCCCC=O)[N+](=O)[O-]. The Kier molecular flexibility index (Phi) is 14.4. The van der Waals surface area contributed by atoms with Gasteiger partial charge in [0, 0.05) is 17.8 Å². The number of nitrogens with zero attached hydrogens (tertiary/aromatic N) is 1. The quantitative estimate of drug-likeness (QED) is 0.161. The molecular formula is C18H31NO4. The standard InChI is InChI=1S/C18H31NO4/c1-2-3-11-15-18(21)17(19(22)23)14-12-9-7-5-4-6-8-10-13-16-20/h4-5,9,12,16-18,21H,2-3,6-8,10-11,13-15H2,1H3. The second-order valence-corrected chi connectivity index (χ2v) is 5.78. The number of hydrogen-bond acceptors (Lipinski definition) is 4. The first kappa shape index (κ1) is 21.5. The third-order valence-electron chi connectivity index (χ3n) is 3.74. The third-order valence-corrected chi connectivity index (χ3v) is 3.74. The largest absolute Gasteiger partial charge is 0.386 e. The molecule has 23 heavy (non-hydrogen) atoms. The van der Waals surface area contributed by atoms with Crippen LogP contribution < -0.4 is 0 Å². The zero-order valence-corrected chi connectivity index (χ0v) is 14.2. The Bertz CT molecular complexity index is 366. The minimum absolute atomic E-state index is 0.271. The number of allylic oxidation sites excluding steroid dienone is 3. The molecule has 5 heteroatoms. The van der Waals surface area contributed by atoms with Gasteiger partial charge in [0.05, 0.1) is 0 Å². The third kappa shape index (κ3) is 12.7. The summed E-state index contributed by atoms with van der Waals surface area (Å²) in [6, 6.07) is -0.907. The molecule has 0 spiro atoms. The fourth-order valence-electron chi connectivity index (χ4n) is 2.29. The van der Waals surface area contributed by atoms with E-state index in [4.69, 9.17) is 0 Å². The molecule has 0 rings (SSSR count). The molecular weight excluding hydrogens is 294 g/mol. The minimum Gasteiger partial charge on any atom is -0.386 e. The molecule has 0 saturated carbocycles. The van der Waals surface area contributed by atoms with Crippen LogP contribution in [-0.2, 0) is 4.79 Å². The molecule has 0 amide bonds. The number of aliphatic hydroxyl groups excluding tert-OH is 1. The van der Waals surface area contributed by atoms with Gasteiger partial charge >= 0.3 is 0 Å². The average Bonchev–Trinajstić information content (AvgIpc) is 2.52. The van der Waals surface area contributed by atoms with Crippen molar-refractivity contribution in [3.8, 4) is 0 Å². The first-order valence-electron chi connectivity index (χ1n) is 8.68. The maximum absolute atomic E-state index is 11.0. The highest BCUT2D eigenvalue weighted by Gasteiger charge is 2.27. The molecule has 0 aliphatic rings. The normalized spacial score (nSPS) is 14.3. The van der Waals surface area contributed by atoms with Crippen molar-refractivity contribution in [2.24, 2.45) is 0 Å². The van der Waals surface area contributed by atoms with E-state index in [0.29, 0.717) is 12.8 Å². The van der Waals surface area contributed by atoms with Crippen LogP contribution in [0.25, 0.3) is 0 Å².